The molecule has 1 saturated heterocycles. The van der Waals surface area contributed by atoms with E-state index in [-0.39, 0.29) is 24.8 Å². The Balaban J connectivity index is 1.81. The van der Waals surface area contributed by atoms with Gasteiger partial charge in [-0.15, -0.1) is 0 Å². The molecule has 132 valence electrons. The fraction of sp³-hybridized carbons (Fsp3) is 0.500. The van der Waals surface area contributed by atoms with Crippen LogP contribution in [0.2, 0.25) is 5.02 Å². The molecule has 0 atom stereocenters. The molecule has 0 radical (unpaired) electrons. The summed E-state index contributed by atoms with van der Waals surface area (Å²) in [4.78, 5) is 24.2. The predicted octanol–water partition coefficient (Wildman–Crippen LogP) is 1.30. The number of ether oxygens (including phenoxy) is 2. The Bertz CT molecular complexity index is 603. The second kappa shape index (κ2) is 8.32. The van der Waals surface area contributed by atoms with Gasteiger partial charge >= 0.3 is 0 Å². The zero-order valence-electron chi connectivity index (χ0n) is 13.6. The van der Waals surface area contributed by atoms with Crippen molar-refractivity contribution in [1.82, 2.24) is 5.32 Å². The van der Waals surface area contributed by atoms with Crippen LogP contribution in [0.1, 0.15) is 19.3 Å². The van der Waals surface area contributed by atoms with Gasteiger partial charge in [0.05, 0.1) is 18.3 Å². The van der Waals surface area contributed by atoms with Crippen LogP contribution in [0.25, 0.3) is 0 Å². The van der Waals surface area contributed by atoms with E-state index in [4.69, 9.17) is 26.8 Å². The number of halogens is 1. The van der Waals surface area contributed by atoms with Crippen molar-refractivity contribution in [2.75, 3.05) is 32.2 Å². The van der Waals surface area contributed by atoms with Crippen molar-refractivity contribution in [2.45, 2.75) is 24.8 Å². The standard InChI is InChI=1S/C16H22ClN3O4/c1-23-13-3-2-11(17)10-12(13)20-14(21)4-7-19-15(22)16(18)5-8-24-9-6-16/h2-3,10H,4-9,18H2,1H3,(H,19,22)(H,20,21). The van der Waals surface area contributed by atoms with Crippen LogP contribution in [0, 0.1) is 0 Å². The Hall–Kier alpha value is -1.83. The highest BCUT2D eigenvalue weighted by atomic mass is 35.5. The van der Waals surface area contributed by atoms with Crippen LogP contribution in [0.15, 0.2) is 18.2 Å². The van der Waals surface area contributed by atoms with Crippen molar-refractivity contribution in [3.8, 4) is 5.75 Å². The van der Waals surface area contributed by atoms with Crippen molar-refractivity contribution in [1.29, 1.82) is 0 Å². The molecule has 7 nitrogen and oxygen atoms in total. The number of anilines is 1. The second-order valence-corrected chi connectivity index (χ2v) is 6.10. The molecule has 0 aliphatic carbocycles. The highest BCUT2D eigenvalue weighted by molar-refractivity contribution is 6.31. The number of amides is 2. The van der Waals surface area contributed by atoms with Crippen molar-refractivity contribution in [2.24, 2.45) is 5.73 Å². The summed E-state index contributed by atoms with van der Waals surface area (Å²) in [5.41, 5.74) is 5.65. The monoisotopic (exact) mass is 355 g/mol. The maximum Gasteiger partial charge on any atom is 0.240 e. The fourth-order valence-corrected chi connectivity index (χ4v) is 2.59. The maximum absolute atomic E-state index is 12.1. The minimum Gasteiger partial charge on any atom is -0.495 e. The molecule has 1 heterocycles. The number of rotatable bonds is 6. The molecule has 4 N–H and O–H groups in total. The Kier molecular flexibility index (Phi) is 6.42. The molecule has 8 heteroatoms. The van der Waals surface area contributed by atoms with E-state index in [1.807, 2.05) is 0 Å². The molecule has 0 bridgehead atoms. The SMILES string of the molecule is COc1ccc(Cl)cc1NC(=O)CCNC(=O)C1(N)CCOCC1. The number of carbonyl (C=O) groups is 2. The van der Waals surface area contributed by atoms with Crippen LogP contribution in [0.3, 0.4) is 0 Å². The zero-order valence-corrected chi connectivity index (χ0v) is 14.3. The van der Waals surface area contributed by atoms with E-state index in [0.29, 0.717) is 42.5 Å². The summed E-state index contributed by atoms with van der Waals surface area (Å²) in [7, 11) is 1.51. The number of nitrogens with two attached hydrogens (primary N) is 1. The number of hydrogen-bond donors (Lipinski definition) is 3. The summed E-state index contributed by atoms with van der Waals surface area (Å²) >= 11 is 5.92. The molecule has 1 aromatic rings. The van der Waals surface area contributed by atoms with Crippen LogP contribution in [0.4, 0.5) is 5.69 Å². The molecule has 1 aromatic carbocycles. The molecule has 24 heavy (non-hydrogen) atoms. The smallest absolute Gasteiger partial charge is 0.240 e. The Morgan fingerprint density at radius 1 is 1.38 bits per heavy atom. The van der Waals surface area contributed by atoms with Gasteiger partial charge in [-0.2, -0.15) is 0 Å². The predicted molar refractivity (Wildman–Crippen MR) is 91.2 cm³/mol. The first-order chi connectivity index (χ1) is 11.4. The van der Waals surface area contributed by atoms with Gasteiger partial charge in [-0.3, -0.25) is 9.59 Å². The summed E-state index contributed by atoms with van der Waals surface area (Å²) < 4.78 is 10.4. The fourth-order valence-electron chi connectivity index (χ4n) is 2.42. The average molecular weight is 356 g/mol. The number of carbonyl (C=O) groups excluding carboxylic acids is 2. The first-order valence-corrected chi connectivity index (χ1v) is 8.11. The van der Waals surface area contributed by atoms with Gasteiger partial charge in [-0.25, -0.2) is 0 Å². The highest BCUT2D eigenvalue weighted by Gasteiger charge is 2.35. The van der Waals surface area contributed by atoms with Crippen molar-refractivity contribution in [3.63, 3.8) is 0 Å². The molecule has 0 aromatic heterocycles. The largest absolute Gasteiger partial charge is 0.495 e. The quantitative estimate of drug-likeness (QED) is 0.713. The van der Waals surface area contributed by atoms with Crippen LogP contribution in [0.5, 0.6) is 5.75 Å². The summed E-state index contributed by atoms with van der Waals surface area (Å²) in [5.74, 6) is 0.00718. The normalized spacial score (nSPS) is 16.3. The van der Waals surface area contributed by atoms with E-state index in [0.717, 1.165) is 0 Å². The Morgan fingerprint density at radius 2 is 2.08 bits per heavy atom. The van der Waals surface area contributed by atoms with Crippen molar-refractivity contribution < 1.29 is 19.1 Å². The molecule has 1 fully saturated rings. The zero-order chi connectivity index (χ0) is 17.6. The van der Waals surface area contributed by atoms with Crippen molar-refractivity contribution >= 4 is 29.1 Å². The van der Waals surface area contributed by atoms with Crippen LogP contribution >= 0.6 is 11.6 Å². The van der Waals surface area contributed by atoms with Gasteiger partial charge in [0.2, 0.25) is 11.8 Å². The van der Waals surface area contributed by atoms with E-state index in [1.54, 1.807) is 18.2 Å². The third-order valence-electron chi connectivity index (χ3n) is 3.91. The molecule has 2 amide bonds. The Morgan fingerprint density at radius 3 is 2.75 bits per heavy atom. The molecular formula is C16H22ClN3O4. The van der Waals surface area contributed by atoms with Gasteiger partial charge in [0, 0.05) is 31.2 Å². The van der Waals surface area contributed by atoms with Crippen LogP contribution in [-0.4, -0.2) is 44.2 Å². The number of nitrogens with one attached hydrogen (secondary N) is 2. The van der Waals surface area contributed by atoms with E-state index in [9.17, 15) is 9.59 Å². The number of methoxy groups -OCH3 is 1. The van der Waals surface area contributed by atoms with Crippen molar-refractivity contribution in [3.05, 3.63) is 23.2 Å². The first-order valence-electron chi connectivity index (χ1n) is 7.73. The van der Waals surface area contributed by atoms with Gasteiger partial charge < -0.3 is 25.8 Å². The van der Waals surface area contributed by atoms with Crippen LogP contribution < -0.4 is 21.1 Å². The molecule has 0 unspecified atom stereocenters. The van der Waals surface area contributed by atoms with E-state index < -0.39 is 5.54 Å². The first kappa shape index (κ1) is 18.5. The molecule has 1 aliphatic rings. The van der Waals surface area contributed by atoms with Gasteiger partial charge in [0.1, 0.15) is 5.75 Å². The molecule has 1 aliphatic heterocycles. The third kappa shape index (κ3) is 4.83. The summed E-state index contributed by atoms with van der Waals surface area (Å²) in [5, 5.41) is 5.92. The molecule has 0 saturated carbocycles. The molecule has 2 rings (SSSR count). The molecule has 0 spiro atoms. The summed E-state index contributed by atoms with van der Waals surface area (Å²) in [6, 6.07) is 4.95. The van der Waals surface area contributed by atoms with E-state index >= 15 is 0 Å². The number of hydrogen-bond acceptors (Lipinski definition) is 5. The number of benzene rings is 1. The average Bonchev–Trinajstić information content (AvgIpc) is 2.55. The molecular weight excluding hydrogens is 334 g/mol. The third-order valence-corrected chi connectivity index (χ3v) is 4.15. The van der Waals surface area contributed by atoms with Gasteiger partial charge in [-0.05, 0) is 31.0 Å². The van der Waals surface area contributed by atoms with Gasteiger partial charge in [-0.1, -0.05) is 11.6 Å². The second-order valence-electron chi connectivity index (χ2n) is 5.67. The topological polar surface area (TPSA) is 103 Å². The van der Waals surface area contributed by atoms with Gasteiger partial charge in [0.25, 0.3) is 0 Å². The Labute approximate surface area is 145 Å². The highest BCUT2D eigenvalue weighted by Crippen LogP contribution is 2.27. The lowest BCUT2D eigenvalue weighted by Crippen LogP contribution is -2.57. The summed E-state index contributed by atoms with van der Waals surface area (Å²) in [6.45, 7) is 1.14. The van der Waals surface area contributed by atoms with Crippen LogP contribution in [-0.2, 0) is 14.3 Å². The lowest BCUT2D eigenvalue weighted by atomic mass is 9.90. The summed E-state index contributed by atoms with van der Waals surface area (Å²) in [6.07, 6.45) is 1.07. The van der Waals surface area contributed by atoms with E-state index in [2.05, 4.69) is 10.6 Å². The lowest BCUT2D eigenvalue weighted by molar-refractivity contribution is -0.129. The maximum atomic E-state index is 12.1. The lowest BCUT2D eigenvalue weighted by Gasteiger charge is -2.31. The minimum atomic E-state index is -0.912. The van der Waals surface area contributed by atoms with E-state index in [1.165, 1.54) is 7.11 Å². The van der Waals surface area contributed by atoms with Gasteiger partial charge in [0.15, 0.2) is 0 Å². The minimum absolute atomic E-state index is 0.119.